The van der Waals surface area contributed by atoms with Crippen molar-refractivity contribution in [1.29, 1.82) is 0 Å². The Morgan fingerprint density at radius 1 is 1.50 bits per heavy atom. The van der Waals surface area contributed by atoms with Gasteiger partial charge in [0.25, 0.3) is 0 Å². The van der Waals surface area contributed by atoms with Gasteiger partial charge in [0.1, 0.15) is 0 Å². The van der Waals surface area contributed by atoms with Crippen LogP contribution in [0, 0.1) is 0 Å². The molecule has 1 N–H and O–H groups in total. The minimum Gasteiger partial charge on any atom is -0.307 e. The van der Waals surface area contributed by atoms with Crippen molar-refractivity contribution in [3.05, 3.63) is 5.82 Å². The molecule has 1 heterocycles. The molecule has 2 atom stereocenters. The van der Waals surface area contributed by atoms with E-state index in [1.807, 2.05) is 0 Å². The zero-order valence-corrected chi connectivity index (χ0v) is 10.7. The monoisotopic (exact) mass is 241 g/mol. The number of thioether (sulfide) groups is 1. The number of hydrogen-bond donors (Lipinski definition) is 1. The van der Waals surface area contributed by atoms with Gasteiger partial charge in [0, 0.05) is 11.3 Å². The summed E-state index contributed by atoms with van der Waals surface area (Å²) >= 11 is 2.08. The zero-order chi connectivity index (χ0) is 11.4. The van der Waals surface area contributed by atoms with Gasteiger partial charge in [0.2, 0.25) is 0 Å². The molecular weight excluding hydrogens is 222 g/mol. The van der Waals surface area contributed by atoms with E-state index in [2.05, 4.69) is 39.4 Å². The van der Waals surface area contributed by atoms with Gasteiger partial charge in [0.15, 0.2) is 5.82 Å². The summed E-state index contributed by atoms with van der Waals surface area (Å²) in [5, 5.41) is 16.3. The number of rotatable bonds is 5. The maximum absolute atomic E-state index is 4.15. The standard InChI is InChI=1S/C10H19N5S/c1-3-16-9-5-4-8(6-9)11-7-10-12-14-15(2)13-10/h8-9,11H,3-7H2,1-2H3. The van der Waals surface area contributed by atoms with Crippen molar-refractivity contribution < 1.29 is 0 Å². The maximum atomic E-state index is 4.15. The van der Waals surface area contributed by atoms with Crippen LogP contribution in [-0.4, -0.2) is 37.3 Å². The molecule has 90 valence electrons. The van der Waals surface area contributed by atoms with Gasteiger partial charge >= 0.3 is 0 Å². The van der Waals surface area contributed by atoms with Gasteiger partial charge in [-0.2, -0.15) is 16.6 Å². The smallest absolute Gasteiger partial charge is 0.188 e. The Hall–Kier alpha value is -0.620. The molecule has 6 heteroatoms. The van der Waals surface area contributed by atoms with E-state index in [1.54, 1.807) is 7.05 Å². The summed E-state index contributed by atoms with van der Waals surface area (Å²) in [7, 11) is 1.79. The molecule has 1 saturated carbocycles. The highest BCUT2D eigenvalue weighted by atomic mass is 32.2. The van der Waals surface area contributed by atoms with Crippen LogP contribution in [0.2, 0.25) is 0 Å². The number of nitrogens with one attached hydrogen (secondary N) is 1. The van der Waals surface area contributed by atoms with E-state index >= 15 is 0 Å². The Morgan fingerprint density at radius 3 is 3.06 bits per heavy atom. The summed E-state index contributed by atoms with van der Waals surface area (Å²) in [4.78, 5) is 1.50. The van der Waals surface area contributed by atoms with Crippen molar-refractivity contribution >= 4 is 11.8 Å². The highest BCUT2D eigenvalue weighted by Crippen LogP contribution is 2.29. The molecule has 0 aliphatic heterocycles. The van der Waals surface area contributed by atoms with Crippen LogP contribution in [-0.2, 0) is 13.6 Å². The normalized spacial score (nSPS) is 25.1. The second-order valence-corrected chi connectivity index (χ2v) is 5.74. The van der Waals surface area contributed by atoms with Crippen molar-refractivity contribution in [3.8, 4) is 0 Å². The minimum atomic E-state index is 0.632. The lowest BCUT2D eigenvalue weighted by atomic mass is 10.2. The summed E-state index contributed by atoms with van der Waals surface area (Å²) in [5.74, 6) is 2.01. The average molecular weight is 241 g/mol. The van der Waals surface area contributed by atoms with Gasteiger partial charge in [0.05, 0.1) is 13.6 Å². The van der Waals surface area contributed by atoms with E-state index in [0.29, 0.717) is 6.04 Å². The summed E-state index contributed by atoms with van der Waals surface area (Å²) in [5.41, 5.74) is 0. The van der Waals surface area contributed by atoms with Gasteiger partial charge in [-0.15, -0.1) is 10.2 Å². The van der Waals surface area contributed by atoms with Gasteiger partial charge in [-0.1, -0.05) is 6.92 Å². The van der Waals surface area contributed by atoms with E-state index in [-0.39, 0.29) is 0 Å². The summed E-state index contributed by atoms with van der Waals surface area (Å²) in [6.07, 6.45) is 3.89. The lowest BCUT2D eigenvalue weighted by molar-refractivity contribution is 0.513. The van der Waals surface area contributed by atoms with E-state index in [0.717, 1.165) is 17.6 Å². The molecule has 0 aromatic carbocycles. The predicted octanol–water partition coefficient (Wildman–Crippen LogP) is 0.974. The van der Waals surface area contributed by atoms with Gasteiger partial charge in [-0.3, -0.25) is 0 Å². The largest absolute Gasteiger partial charge is 0.307 e. The molecule has 1 aromatic rings. The first-order valence-electron chi connectivity index (χ1n) is 5.85. The molecule has 0 saturated heterocycles. The predicted molar refractivity (Wildman–Crippen MR) is 65.2 cm³/mol. The minimum absolute atomic E-state index is 0.632. The fourth-order valence-corrected chi connectivity index (χ4v) is 3.28. The first-order valence-corrected chi connectivity index (χ1v) is 6.90. The van der Waals surface area contributed by atoms with Gasteiger partial charge in [-0.25, -0.2) is 0 Å². The summed E-state index contributed by atoms with van der Waals surface area (Å²) in [6.45, 7) is 2.97. The van der Waals surface area contributed by atoms with Crippen molar-refractivity contribution in [1.82, 2.24) is 25.5 Å². The van der Waals surface area contributed by atoms with Crippen LogP contribution in [0.25, 0.3) is 0 Å². The van der Waals surface area contributed by atoms with Crippen molar-refractivity contribution in [3.63, 3.8) is 0 Å². The first-order chi connectivity index (χ1) is 7.78. The second kappa shape index (κ2) is 5.63. The third-order valence-electron chi connectivity index (χ3n) is 2.89. The number of hydrogen-bond acceptors (Lipinski definition) is 5. The van der Waals surface area contributed by atoms with Crippen LogP contribution >= 0.6 is 11.8 Å². The van der Waals surface area contributed by atoms with Crippen LogP contribution < -0.4 is 5.32 Å². The quantitative estimate of drug-likeness (QED) is 0.832. The molecule has 2 unspecified atom stereocenters. The molecule has 0 bridgehead atoms. The number of tetrazole rings is 1. The average Bonchev–Trinajstić information content (AvgIpc) is 2.85. The number of aromatic nitrogens is 4. The molecule has 0 radical (unpaired) electrons. The zero-order valence-electron chi connectivity index (χ0n) is 9.89. The van der Waals surface area contributed by atoms with Crippen molar-refractivity contribution in [2.45, 2.75) is 44.0 Å². The number of aryl methyl sites for hydroxylation is 1. The molecule has 1 aromatic heterocycles. The summed E-state index contributed by atoms with van der Waals surface area (Å²) < 4.78 is 0. The lowest BCUT2D eigenvalue weighted by Gasteiger charge is -2.11. The Morgan fingerprint density at radius 2 is 2.38 bits per heavy atom. The number of nitrogens with zero attached hydrogens (tertiary/aromatic N) is 4. The third kappa shape index (κ3) is 3.18. The van der Waals surface area contributed by atoms with Crippen LogP contribution in [0.15, 0.2) is 0 Å². The fourth-order valence-electron chi connectivity index (χ4n) is 2.14. The highest BCUT2D eigenvalue weighted by molar-refractivity contribution is 7.99. The van der Waals surface area contributed by atoms with Crippen molar-refractivity contribution in [2.75, 3.05) is 5.75 Å². The molecule has 5 nitrogen and oxygen atoms in total. The third-order valence-corrected chi connectivity index (χ3v) is 4.12. The SMILES string of the molecule is CCSC1CCC(NCc2nnn(C)n2)C1. The molecule has 1 aliphatic carbocycles. The molecule has 2 rings (SSSR count). The fraction of sp³-hybridized carbons (Fsp3) is 0.900. The van der Waals surface area contributed by atoms with E-state index < -0.39 is 0 Å². The first kappa shape index (κ1) is 11.9. The highest BCUT2D eigenvalue weighted by Gasteiger charge is 2.24. The molecule has 0 amide bonds. The molecule has 1 aliphatic rings. The van der Waals surface area contributed by atoms with Crippen LogP contribution in [0.1, 0.15) is 32.0 Å². The second-order valence-electron chi connectivity index (χ2n) is 4.16. The van der Waals surface area contributed by atoms with Crippen LogP contribution in [0.3, 0.4) is 0 Å². The summed E-state index contributed by atoms with van der Waals surface area (Å²) in [6, 6.07) is 0.632. The van der Waals surface area contributed by atoms with E-state index in [9.17, 15) is 0 Å². The molecule has 0 spiro atoms. The molecule has 16 heavy (non-hydrogen) atoms. The Bertz CT molecular complexity index is 327. The maximum Gasteiger partial charge on any atom is 0.188 e. The molecule has 1 fully saturated rings. The van der Waals surface area contributed by atoms with Crippen LogP contribution in [0.4, 0.5) is 0 Å². The van der Waals surface area contributed by atoms with Gasteiger partial charge < -0.3 is 5.32 Å². The topological polar surface area (TPSA) is 55.6 Å². The Balaban J connectivity index is 1.71. The Labute approximate surface area is 100 Å². The van der Waals surface area contributed by atoms with Crippen molar-refractivity contribution in [2.24, 2.45) is 7.05 Å². The Kier molecular flexibility index (Phi) is 4.17. The lowest BCUT2D eigenvalue weighted by Crippen LogP contribution is -2.26. The van der Waals surface area contributed by atoms with Gasteiger partial charge in [-0.05, 0) is 30.2 Å². The van der Waals surface area contributed by atoms with Crippen LogP contribution in [0.5, 0.6) is 0 Å². The molecular formula is C10H19N5S. The van der Waals surface area contributed by atoms with E-state index in [1.165, 1.54) is 29.8 Å². The van der Waals surface area contributed by atoms with E-state index in [4.69, 9.17) is 0 Å².